The molecule has 188 valence electrons. The molecule has 35 heavy (non-hydrogen) atoms. The van der Waals surface area contributed by atoms with E-state index < -0.39 is 0 Å². The lowest BCUT2D eigenvalue weighted by molar-refractivity contribution is -0.130. The molecule has 0 bridgehead atoms. The summed E-state index contributed by atoms with van der Waals surface area (Å²) in [4.78, 5) is 40.2. The van der Waals surface area contributed by atoms with Crippen LogP contribution in [0.2, 0.25) is 0 Å². The number of hydrogen-bond donors (Lipinski definition) is 2. The smallest absolute Gasteiger partial charge is 0.319 e. The molecule has 2 N–H and O–H groups in total. The Labute approximate surface area is 206 Å². The molecule has 1 aromatic carbocycles. The number of rotatable bonds is 6. The van der Waals surface area contributed by atoms with E-state index in [2.05, 4.69) is 27.4 Å². The highest BCUT2D eigenvalue weighted by Gasteiger charge is 2.29. The van der Waals surface area contributed by atoms with Gasteiger partial charge in [-0.05, 0) is 44.5 Å². The van der Waals surface area contributed by atoms with Crippen LogP contribution in [-0.4, -0.2) is 91.2 Å². The number of likely N-dealkylation sites (N-methyl/N-ethyl adjacent to an activating group) is 1. The molecule has 3 heterocycles. The number of nitrogens with one attached hydrogen (secondary N) is 2. The predicted octanol–water partition coefficient (Wildman–Crippen LogP) is 1.96. The SMILES string of the molecule is CCNC(=O)Nc1ccc(-c2nc3c(c(N4CCOC[C@@H]4C)n2)CCN(CC(=O)N(C)C)C3)cc1. The Morgan fingerprint density at radius 1 is 1.17 bits per heavy atom. The topological polar surface area (TPSA) is 103 Å². The lowest BCUT2D eigenvalue weighted by Crippen LogP contribution is -2.46. The molecule has 0 saturated carbocycles. The van der Waals surface area contributed by atoms with Crippen molar-refractivity contribution in [1.29, 1.82) is 0 Å². The van der Waals surface area contributed by atoms with Crippen molar-refractivity contribution < 1.29 is 14.3 Å². The number of amides is 3. The Hall–Kier alpha value is -3.24. The molecule has 1 saturated heterocycles. The van der Waals surface area contributed by atoms with E-state index in [0.717, 1.165) is 42.1 Å². The van der Waals surface area contributed by atoms with Crippen LogP contribution in [0.1, 0.15) is 25.1 Å². The van der Waals surface area contributed by atoms with Gasteiger partial charge in [0.25, 0.3) is 0 Å². The van der Waals surface area contributed by atoms with Gasteiger partial charge in [-0.15, -0.1) is 0 Å². The van der Waals surface area contributed by atoms with Crippen molar-refractivity contribution in [1.82, 2.24) is 25.1 Å². The van der Waals surface area contributed by atoms with E-state index in [1.807, 2.05) is 31.2 Å². The summed E-state index contributed by atoms with van der Waals surface area (Å²) < 4.78 is 5.66. The number of hydrogen-bond acceptors (Lipinski definition) is 7. The number of carbonyl (C=O) groups is 2. The fourth-order valence-electron chi connectivity index (χ4n) is 4.38. The first-order valence-electron chi connectivity index (χ1n) is 12.2. The summed E-state index contributed by atoms with van der Waals surface area (Å²) in [7, 11) is 3.56. The van der Waals surface area contributed by atoms with E-state index in [0.29, 0.717) is 44.4 Å². The van der Waals surface area contributed by atoms with Crippen molar-refractivity contribution >= 4 is 23.4 Å². The average molecular weight is 482 g/mol. The van der Waals surface area contributed by atoms with Crippen LogP contribution in [0.25, 0.3) is 11.4 Å². The normalized spacial score (nSPS) is 18.1. The molecule has 0 unspecified atom stereocenters. The van der Waals surface area contributed by atoms with E-state index >= 15 is 0 Å². The van der Waals surface area contributed by atoms with Gasteiger partial charge in [-0.1, -0.05) is 0 Å². The van der Waals surface area contributed by atoms with Gasteiger partial charge >= 0.3 is 6.03 Å². The first kappa shape index (κ1) is 24.9. The maximum Gasteiger partial charge on any atom is 0.319 e. The molecule has 0 aliphatic carbocycles. The molecule has 1 fully saturated rings. The zero-order chi connectivity index (χ0) is 24.9. The van der Waals surface area contributed by atoms with Crippen LogP contribution in [0.5, 0.6) is 0 Å². The quantitative estimate of drug-likeness (QED) is 0.650. The molecule has 3 amide bonds. The van der Waals surface area contributed by atoms with Crippen molar-refractivity contribution in [3.8, 4) is 11.4 Å². The molecule has 1 atom stereocenters. The van der Waals surface area contributed by atoms with E-state index in [1.165, 1.54) is 0 Å². The minimum atomic E-state index is -0.235. The summed E-state index contributed by atoms with van der Waals surface area (Å²) in [6.45, 7) is 8.47. The van der Waals surface area contributed by atoms with Gasteiger partial charge in [0.1, 0.15) is 5.82 Å². The minimum Gasteiger partial charge on any atom is -0.377 e. The molecular formula is C25H35N7O3. The third kappa shape index (κ3) is 5.88. The molecule has 0 spiro atoms. The van der Waals surface area contributed by atoms with E-state index in [4.69, 9.17) is 14.7 Å². The third-order valence-electron chi connectivity index (χ3n) is 6.36. The molecule has 2 aliphatic heterocycles. The zero-order valence-corrected chi connectivity index (χ0v) is 21.0. The van der Waals surface area contributed by atoms with Crippen LogP contribution in [0.4, 0.5) is 16.3 Å². The second-order valence-electron chi connectivity index (χ2n) is 9.22. The maximum atomic E-state index is 12.3. The Bertz CT molecular complexity index is 1060. The van der Waals surface area contributed by atoms with Gasteiger partial charge in [0.2, 0.25) is 5.91 Å². The lowest BCUT2D eigenvalue weighted by Gasteiger charge is -2.37. The Balaban J connectivity index is 1.65. The van der Waals surface area contributed by atoms with E-state index in [1.54, 1.807) is 19.0 Å². The van der Waals surface area contributed by atoms with Gasteiger partial charge in [0, 0.05) is 57.1 Å². The second-order valence-corrected chi connectivity index (χ2v) is 9.22. The maximum absolute atomic E-state index is 12.3. The van der Waals surface area contributed by atoms with Crippen LogP contribution >= 0.6 is 0 Å². The summed E-state index contributed by atoms with van der Waals surface area (Å²) >= 11 is 0. The van der Waals surface area contributed by atoms with Gasteiger partial charge in [-0.3, -0.25) is 9.69 Å². The van der Waals surface area contributed by atoms with Crippen molar-refractivity contribution in [2.24, 2.45) is 0 Å². The number of aromatic nitrogens is 2. The van der Waals surface area contributed by atoms with E-state index in [-0.39, 0.29) is 18.0 Å². The summed E-state index contributed by atoms with van der Waals surface area (Å²) in [5.74, 6) is 1.69. The number of urea groups is 1. The van der Waals surface area contributed by atoms with Crippen molar-refractivity contribution in [2.45, 2.75) is 32.9 Å². The highest BCUT2D eigenvalue weighted by atomic mass is 16.5. The molecule has 4 rings (SSSR count). The molecule has 10 nitrogen and oxygen atoms in total. The highest BCUT2D eigenvalue weighted by Crippen LogP contribution is 2.31. The molecule has 2 aliphatic rings. The molecule has 2 aromatic rings. The number of morpholine rings is 1. The van der Waals surface area contributed by atoms with Gasteiger partial charge in [-0.2, -0.15) is 0 Å². The Morgan fingerprint density at radius 3 is 2.63 bits per heavy atom. The van der Waals surface area contributed by atoms with Crippen LogP contribution in [0, 0.1) is 0 Å². The predicted molar refractivity (Wildman–Crippen MR) is 135 cm³/mol. The second kappa shape index (κ2) is 11.0. The van der Waals surface area contributed by atoms with Gasteiger partial charge in [0.15, 0.2) is 5.82 Å². The first-order valence-corrected chi connectivity index (χ1v) is 12.2. The van der Waals surface area contributed by atoms with Gasteiger partial charge in [0.05, 0.1) is 31.5 Å². The number of carbonyl (C=O) groups excluding carboxylic acids is 2. The Morgan fingerprint density at radius 2 is 1.94 bits per heavy atom. The number of nitrogens with zero attached hydrogens (tertiary/aromatic N) is 5. The fraction of sp³-hybridized carbons (Fsp3) is 0.520. The fourth-order valence-corrected chi connectivity index (χ4v) is 4.38. The van der Waals surface area contributed by atoms with Crippen molar-refractivity contribution in [3.05, 3.63) is 35.5 Å². The largest absolute Gasteiger partial charge is 0.377 e. The minimum absolute atomic E-state index is 0.0833. The molecule has 10 heteroatoms. The number of fused-ring (bicyclic) bond motifs is 1. The molecular weight excluding hydrogens is 446 g/mol. The monoisotopic (exact) mass is 481 g/mol. The first-order chi connectivity index (χ1) is 16.9. The summed E-state index contributed by atoms with van der Waals surface area (Å²) in [6, 6.07) is 7.53. The summed E-state index contributed by atoms with van der Waals surface area (Å²) in [5, 5.41) is 5.54. The number of benzene rings is 1. The standard InChI is InChI=1S/C25H35N7O3/c1-5-26-25(34)27-19-8-6-18(7-9-19)23-28-21-14-31(15-22(33)30(3)4)11-10-20(21)24(29-23)32-12-13-35-16-17(32)2/h6-9,17H,5,10-16H2,1-4H3,(H2,26,27,34)/t17-/m0/s1. The van der Waals surface area contributed by atoms with Gasteiger partial charge < -0.3 is 25.2 Å². The summed E-state index contributed by atoms with van der Waals surface area (Å²) in [5.41, 5.74) is 3.70. The molecule has 1 aromatic heterocycles. The average Bonchev–Trinajstić information content (AvgIpc) is 2.84. The number of ether oxygens (including phenoxy) is 1. The Kier molecular flexibility index (Phi) is 7.82. The number of anilines is 2. The van der Waals surface area contributed by atoms with Crippen molar-refractivity contribution in [3.63, 3.8) is 0 Å². The van der Waals surface area contributed by atoms with Crippen LogP contribution < -0.4 is 15.5 Å². The van der Waals surface area contributed by atoms with Crippen molar-refractivity contribution in [2.75, 3.05) is 63.7 Å². The van der Waals surface area contributed by atoms with Gasteiger partial charge in [-0.25, -0.2) is 14.8 Å². The van der Waals surface area contributed by atoms with Crippen LogP contribution in [-0.2, 0) is 22.5 Å². The highest BCUT2D eigenvalue weighted by molar-refractivity contribution is 5.89. The zero-order valence-electron chi connectivity index (χ0n) is 21.0. The van der Waals surface area contributed by atoms with E-state index in [9.17, 15) is 9.59 Å². The van der Waals surface area contributed by atoms with Crippen LogP contribution in [0.15, 0.2) is 24.3 Å². The van der Waals surface area contributed by atoms with Crippen LogP contribution in [0.3, 0.4) is 0 Å². The lowest BCUT2D eigenvalue weighted by atomic mass is 10.0. The third-order valence-corrected chi connectivity index (χ3v) is 6.36. The molecule has 0 radical (unpaired) electrons. The summed E-state index contributed by atoms with van der Waals surface area (Å²) in [6.07, 6.45) is 0.797.